The molecule has 1 aliphatic heterocycles. The van der Waals surface area contributed by atoms with Crippen molar-refractivity contribution in [1.82, 2.24) is 4.57 Å². The smallest absolute Gasteiger partial charge is 0.322 e. The Morgan fingerprint density at radius 1 is 1.11 bits per heavy atom. The number of nitrogens with two attached hydrogens (primary N) is 1. The second kappa shape index (κ2) is 9.94. The van der Waals surface area contributed by atoms with Crippen LogP contribution >= 0.6 is 34.7 Å². The molecule has 10 heteroatoms. The second-order valence-electron chi connectivity index (χ2n) is 8.81. The van der Waals surface area contributed by atoms with Gasteiger partial charge in [-0.2, -0.15) is 13.2 Å². The molecule has 0 saturated heterocycles. The molecule has 2 aromatic carbocycles. The molecule has 0 spiro atoms. The summed E-state index contributed by atoms with van der Waals surface area (Å²) in [7, 11) is 0. The number of benzene rings is 2. The zero-order chi connectivity index (χ0) is 26.5. The summed E-state index contributed by atoms with van der Waals surface area (Å²) in [5.41, 5.74) is 6.90. The van der Waals surface area contributed by atoms with Crippen molar-refractivity contribution < 1.29 is 17.6 Å². The Morgan fingerprint density at radius 3 is 2.49 bits per heavy atom. The van der Waals surface area contributed by atoms with Gasteiger partial charge in [-0.3, -0.25) is 9.36 Å². The molecule has 2 atom stereocenters. The third kappa shape index (κ3) is 4.63. The van der Waals surface area contributed by atoms with Gasteiger partial charge in [0.2, 0.25) is 0 Å². The van der Waals surface area contributed by atoms with Crippen LogP contribution in [0.4, 0.5) is 17.6 Å². The normalized spacial score (nSPS) is 16.1. The van der Waals surface area contributed by atoms with E-state index < -0.39 is 35.2 Å². The Morgan fingerprint density at radius 2 is 1.84 bits per heavy atom. The molecule has 3 nitrogen and oxygen atoms in total. The molecule has 0 saturated carbocycles. The van der Waals surface area contributed by atoms with Crippen LogP contribution in [-0.2, 0) is 12.6 Å². The molecule has 192 valence electrons. The first-order valence-corrected chi connectivity index (χ1v) is 13.6. The van der Waals surface area contributed by atoms with Gasteiger partial charge in [0, 0.05) is 17.7 Å². The average molecular weight is 565 g/mol. The molecule has 0 radical (unpaired) electrons. The van der Waals surface area contributed by atoms with Gasteiger partial charge in [0.25, 0.3) is 5.56 Å². The van der Waals surface area contributed by atoms with Gasteiger partial charge in [0.1, 0.15) is 5.82 Å². The number of nitrogens with zero attached hydrogens (tertiary/aromatic N) is 1. The van der Waals surface area contributed by atoms with E-state index in [1.54, 1.807) is 22.9 Å². The number of hydrogen-bond acceptors (Lipinski definition) is 4. The van der Waals surface area contributed by atoms with Crippen LogP contribution < -0.4 is 11.3 Å². The fraction of sp³-hybridized carbons (Fsp3) is 0.222. The fourth-order valence-corrected chi connectivity index (χ4v) is 7.50. The first-order valence-electron chi connectivity index (χ1n) is 11.4. The van der Waals surface area contributed by atoms with Crippen LogP contribution in [0, 0.1) is 12.7 Å². The number of thioether (sulfide) groups is 1. The summed E-state index contributed by atoms with van der Waals surface area (Å²) in [4.78, 5) is 14.5. The minimum atomic E-state index is -4.73. The molecule has 2 N–H and O–H groups in total. The van der Waals surface area contributed by atoms with E-state index in [9.17, 15) is 22.4 Å². The Kier molecular flexibility index (Phi) is 7.00. The maximum Gasteiger partial charge on any atom is 0.416 e. The van der Waals surface area contributed by atoms with Gasteiger partial charge < -0.3 is 5.73 Å². The predicted molar refractivity (Wildman–Crippen MR) is 141 cm³/mol. The van der Waals surface area contributed by atoms with Gasteiger partial charge in [-0.15, -0.1) is 23.1 Å². The SMILES string of the molecule is Cc1c(Cc2c(F)cccc2C(F)(F)F)c2n(c(=O)c1-c1sccc1Cl)C(C(N)c1ccccc1)CS2. The lowest BCUT2D eigenvalue weighted by Gasteiger charge is -2.24. The van der Waals surface area contributed by atoms with E-state index in [0.717, 1.165) is 23.8 Å². The van der Waals surface area contributed by atoms with Gasteiger partial charge in [-0.1, -0.05) is 48.0 Å². The summed E-state index contributed by atoms with van der Waals surface area (Å²) in [5.74, 6) is -0.502. The van der Waals surface area contributed by atoms with E-state index in [2.05, 4.69) is 0 Å². The molecule has 2 unspecified atom stereocenters. The summed E-state index contributed by atoms with van der Waals surface area (Å²) in [6.45, 7) is 1.68. The van der Waals surface area contributed by atoms with Crippen molar-refractivity contribution in [2.45, 2.75) is 36.6 Å². The molecule has 1 aliphatic rings. The third-order valence-electron chi connectivity index (χ3n) is 6.68. The van der Waals surface area contributed by atoms with E-state index in [1.165, 1.54) is 23.1 Å². The van der Waals surface area contributed by atoms with Crippen molar-refractivity contribution in [3.63, 3.8) is 0 Å². The van der Waals surface area contributed by atoms with E-state index in [0.29, 0.717) is 37.4 Å². The molecule has 37 heavy (non-hydrogen) atoms. The first-order chi connectivity index (χ1) is 17.6. The highest BCUT2D eigenvalue weighted by atomic mass is 35.5. The minimum absolute atomic E-state index is 0.302. The molecule has 0 amide bonds. The lowest BCUT2D eigenvalue weighted by atomic mass is 9.94. The molecular formula is C27H21ClF4N2OS2. The van der Waals surface area contributed by atoms with Gasteiger partial charge >= 0.3 is 6.18 Å². The lowest BCUT2D eigenvalue weighted by molar-refractivity contribution is -0.138. The standard InChI is InChI=1S/C27H21ClF4N2OS2/c1-14-16(12-17-18(27(30,31)32)8-5-9-20(17)29)26-34(25(35)22(14)24-19(28)10-11-36-24)21(13-37-26)23(33)15-6-3-2-4-7-15/h2-11,21,23H,12-13,33H2,1H3. The van der Waals surface area contributed by atoms with E-state index in [1.807, 2.05) is 30.3 Å². The number of pyridine rings is 1. The molecule has 2 aromatic heterocycles. The quantitative estimate of drug-likeness (QED) is 0.253. The summed E-state index contributed by atoms with van der Waals surface area (Å²) in [5, 5.41) is 2.62. The molecule has 4 aromatic rings. The van der Waals surface area contributed by atoms with Crippen LogP contribution in [0.1, 0.15) is 39.9 Å². The van der Waals surface area contributed by atoms with Crippen molar-refractivity contribution in [2.75, 3.05) is 5.75 Å². The van der Waals surface area contributed by atoms with Crippen molar-refractivity contribution >= 4 is 34.7 Å². The van der Waals surface area contributed by atoms with Gasteiger partial charge in [-0.25, -0.2) is 4.39 Å². The Labute approximate surface area is 223 Å². The highest BCUT2D eigenvalue weighted by Gasteiger charge is 2.38. The topological polar surface area (TPSA) is 48.0 Å². The lowest BCUT2D eigenvalue weighted by Crippen LogP contribution is -2.33. The number of aromatic nitrogens is 1. The van der Waals surface area contributed by atoms with Crippen molar-refractivity contribution in [1.29, 1.82) is 0 Å². The number of fused-ring (bicyclic) bond motifs is 1. The van der Waals surface area contributed by atoms with Gasteiger partial charge in [-0.05, 0) is 47.2 Å². The van der Waals surface area contributed by atoms with Crippen LogP contribution in [0.15, 0.2) is 69.8 Å². The van der Waals surface area contributed by atoms with Crippen molar-refractivity contribution in [2.24, 2.45) is 5.73 Å². The maximum absolute atomic E-state index is 14.9. The second-order valence-corrected chi connectivity index (χ2v) is 11.1. The molecule has 0 fully saturated rings. The van der Waals surface area contributed by atoms with Gasteiger partial charge in [0.15, 0.2) is 0 Å². The first kappa shape index (κ1) is 26.0. The maximum atomic E-state index is 14.9. The van der Waals surface area contributed by atoms with Crippen LogP contribution in [-0.4, -0.2) is 10.3 Å². The number of hydrogen-bond donors (Lipinski definition) is 1. The van der Waals surface area contributed by atoms with Crippen molar-refractivity contribution in [3.05, 3.63) is 109 Å². The summed E-state index contributed by atoms with van der Waals surface area (Å²) < 4.78 is 57.9. The fourth-order valence-electron chi connectivity index (χ4n) is 4.82. The minimum Gasteiger partial charge on any atom is -0.322 e. The monoisotopic (exact) mass is 564 g/mol. The molecule has 3 heterocycles. The Bertz CT molecular complexity index is 1530. The van der Waals surface area contributed by atoms with Crippen LogP contribution in [0.5, 0.6) is 0 Å². The molecule has 0 aliphatic carbocycles. The number of thiophene rings is 1. The average Bonchev–Trinajstić information content (AvgIpc) is 3.49. The number of alkyl halides is 3. The zero-order valence-corrected chi connectivity index (χ0v) is 21.9. The predicted octanol–water partition coefficient (Wildman–Crippen LogP) is 7.63. The highest BCUT2D eigenvalue weighted by Crippen LogP contribution is 2.45. The Balaban J connectivity index is 1.75. The molecular weight excluding hydrogens is 544 g/mol. The molecule has 0 bridgehead atoms. The zero-order valence-electron chi connectivity index (χ0n) is 19.5. The Hall–Kier alpha value is -2.59. The summed E-state index contributed by atoms with van der Waals surface area (Å²) in [6.07, 6.45) is -5.06. The summed E-state index contributed by atoms with van der Waals surface area (Å²) >= 11 is 9.03. The van der Waals surface area contributed by atoms with Crippen LogP contribution in [0.2, 0.25) is 5.02 Å². The largest absolute Gasteiger partial charge is 0.416 e. The van der Waals surface area contributed by atoms with E-state index in [-0.39, 0.29) is 12.0 Å². The van der Waals surface area contributed by atoms with Gasteiger partial charge in [0.05, 0.1) is 38.1 Å². The van der Waals surface area contributed by atoms with Crippen LogP contribution in [0.25, 0.3) is 10.4 Å². The summed E-state index contributed by atoms with van der Waals surface area (Å²) in [6, 6.07) is 13.0. The number of halogens is 5. The molecule has 5 rings (SSSR count). The van der Waals surface area contributed by atoms with E-state index in [4.69, 9.17) is 17.3 Å². The third-order valence-corrected chi connectivity index (χ3v) is 9.26. The van der Waals surface area contributed by atoms with Crippen molar-refractivity contribution in [3.8, 4) is 10.4 Å². The van der Waals surface area contributed by atoms with E-state index >= 15 is 0 Å². The van der Waals surface area contributed by atoms with Crippen LogP contribution in [0.3, 0.4) is 0 Å². The number of rotatable bonds is 5. The highest BCUT2D eigenvalue weighted by molar-refractivity contribution is 7.99.